The normalized spacial score (nSPS) is 29.6. The van der Waals surface area contributed by atoms with Crippen molar-refractivity contribution in [1.82, 2.24) is 15.1 Å². The molecular formula is C25H33N3O3. The number of carbonyl (C=O) groups is 2. The number of carbonyl (C=O) groups excluding carboxylic acids is 2. The highest BCUT2D eigenvalue weighted by molar-refractivity contribution is 6.01. The highest BCUT2D eigenvalue weighted by Crippen LogP contribution is 2.33. The number of rotatable bonds is 4. The summed E-state index contributed by atoms with van der Waals surface area (Å²) < 4.78 is 6.54. The number of piperidine rings is 2. The van der Waals surface area contributed by atoms with Gasteiger partial charge in [-0.3, -0.25) is 14.5 Å². The van der Waals surface area contributed by atoms with E-state index in [0.717, 1.165) is 23.4 Å². The van der Waals surface area contributed by atoms with Crippen molar-refractivity contribution in [2.45, 2.75) is 82.5 Å². The molecule has 1 aromatic carbocycles. The molecule has 3 atom stereocenters. The molecule has 5 rings (SSSR count). The number of nitrogens with one attached hydrogen (secondary N) is 1. The third kappa shape index (κ3) is 4.10. The molecular weight excluding hydrogens is 390 g/mol. The zero-order valence-electron chi connectivity index (χ0n) is 18.3. The lowest BCUT2D eigenvalue weighted by molar-refractivity contribution is -0.126. The first-order chi connectivity index (χ1) is 15.1. The molecule has 1 saturated carbocycles. The van der Waals surface area contributed by atoms with Crippen LogP contribution >= 0.6 is 0 Å². The Kier molecular flexibility index (Phi) is 5.74. The number of nitrogens with zero attached hydrogens (tertiary/aromatic N) is 2. The topological polar surface area (TPSA) is 61.9 Å². The first-order valence-electron chi connectivity index (χ1n) is 11.9. The summed E-state index contributed by atoms with van der Waals surface area (Å²) in [7, 11) is 0. The summed E-state index contributed by atoms with van der Waals surface area (Å²) in [6.07, 6.45) is 10.3. The molecule has 1 aromatic rings. The van der Waals surface area contributed by atoms with Crippen LogP contribution in [0.3, 0.4) is 0 Å². The summed E-state index contributed by atoms with van der Waals surface area (Å²) in [4.78, 5) is 29.7. The summed E-state index contributed by atoms with van der Waals surface area (Å²) in [5, 5.41) is 2.80. The van der Waals surface area contributed by atoms with E-state index in [1.807, 2.05) is 18.2 Å². The molecule has 0 radical (unpaired) electrons. The van der Waals surface area contributed by atoms with Crippen molar-refractivity contribution in [2.75, 3.05) is 13.1 Å². The summed E-state index contributed by atoms with van der Waals surface area (Å²) in [6, 6.07) is 5.92. The molecule has 166 valence electrons. The molecule has 0 bridgehead atoms. The first kappa shape index (κ1) is 20.6. The van der Waals surface area contributed by atoms with Gasteiger partial charge in [0.2, 0.25) is 5.91 Å². The van der Waals surface area contributed by atoms with Crippen molar-refractivity contribution in [3.8, 4) is 5.75 Å². The molecule has 2 amide bonds. The monoisotopic (exact) mass is 423 g/mol. The lowest BCUT2D eigenvalue weighted by Crippen LogP contribution is -2.49. The zero-order valence-corrected chi connectivity index (χ0v) is 18.3. The van der Waals surface area contributed by atoms with E-state index < -0.39 is 6.04 Å². The van der Waals surface area contributed by atoms with Gasteiger partial charge >= 0.3 is 0 Å². The quantitative estimate of drug-likeness (QED) is 0.804. The van der Waals surface area contributed by atoms with Crippen LogP contribution in [0.25, 0.3) is 0 Å². The third-order valence-corrected chi connectivity index (χ3v) is 7.42. The fraction of sp³-hybridized carbons (Fsp3) is 0.600. The highest BCUT2D eigenvalue weighted by Gasteiger charge is 2.38. The van der Waals surface area contributed by atoms with Gasteiger partial charge in [0.1, 0.15) is 17.9 Å². The highest BCUT2D eigenvalue weighted by atomic mass is 16.5. The Bertz CT molecular complexity index is 877. The third-order valence-electron chi connectivity index (χ3n) is 7.42. The van der Waals surface area contributed by atoms with Crippen LogP contribution in [0.15, 0.2) is 30.5 Å². The molecule has 1 aliphatic carbocycles. The molecule has 6 nitrogen and oxygen atoms in total. The van der Waals surface area contributed by atoms with Gasteiger partial charge in [-0.1, -0.05) is 19.4 Å². The second-order valence-corrected chi connectivity index (χ2v) is 9.50. The number of allylic oxidation sites excluding steroid dienone is 1. The maximum Gasteiger partial charge on any atom is 0.255 e. The van der Waals surface area contributed by atoms with Crippen molar-refractivity contribution >= 4 is 11.8 Å². The van der Waals surface area contributed by atoms with Crippen LogP contribution in [0.5, 0.6) is 5.75 Å². The minimum Gasteiger partial charge on any atom is -0.489 e. The van der Waals surface area contributed by atoms with Crippen molar-refractivity contribution < 1.29 is 14.3 Å². The van der Waals surface area contributed by atoms with Gasteiger partial charge in [-0.25, -0.2) is 0 Å². The number of fused-ring (bicyclic) bond motifs is 1. The smallest absolute Gasteiger partial charge is 0.255 e. The second-order valence-electron chi connectivity index (χ2n) is 9.50. The van der Waals surface area contributed by atoms with E-state index in [1.54, 1.807) is 4.90 Å². The zero-order chi connectivity index (χ0) is 21.4. The molecule has 6 heteroatoms. The molecule has 31 heavy (non-hydrogen) atoms. The molecule has 2 saturated heterocycles. The molecule has 0 spiro atoms. The molecule has 3 aliphatic heterocycles. The van der Waals surface area contributed by atoms with E-state index >= 15 is 0 Å². The number of likely N-dealkylation sites (tertiary alicyclic amines) is 1. The minimum absolute atomic E-state index is 0.0573. The standard InChI is InChI=1S/C25H33N3O3/c1-17-9-12-22(24(29)26-17)28-16-18-15-19(10-11-20(18)25(28)30)31-23-8-4-3-7-21(23)27-13-5-2-6-14-27/h10-11,15,21-23H,1-9,12-14,16H2,(H,26,29)/t21-,22?,23-/m0/s1. The van der Waals surface area contributed by atoms with Crippen LogP contribution in [-0.2, 0) is 11.3 Å². The summed E-state index contributed by atoms with van der Waals surface area (Å²) in [5.41, 5.74) is 2.39. The Morgan fingerprint density at radius 3 is 2.61 bits per heavy atom. The number of ether oxygens (including phenoxy) is 1. The van der Waals surface area contributed by atoms with Crippen molar-refractivity contribution in [3.63, 3.8) is 0 Å². The van der Waals surface area contributed by atoms with E-state index in [0.29, 0.717) is 31.0 Å². The van der Waals surface area contributed by atoms with Crippen molar-refractivity contribution in [1.29, 1.82) is 0 Å². The van der Waals surface area contributed by atoms with Gasteiger partial charge in [0.25, 0.3) is 5.91 Å². The van der Waals surface area contributed by atoms with Gasteiger partial charge in [0.05, 0.1) is 0 Å². The summed E-state index contributed by atoms with van der Waals surface area (Å²) in [5.74, 6) is 0.669. The van der Waals surface area contributed by atoms with Gasteiger partial charge in [-0.15, -0.1) is 0 Å². The van der Waals surface area contributed by atoms with Gasteiger partial charge in [-0.05, 0) is 81.8 Å². The average Bonchev–Trinajstić information content (AvgIpc) is 3.10. The fourth-order valence-electron chi connectivity index (χ4n) is 5.76. The van der Waals surface area contributed by atoms with Crippen LogP contribution in [0, 0.1) is 0 Å². The van der Waals surface area contributed by atoms with Gasteiger partial charge in [-0.2, -0.15) is 0 Å². The van der Waals surface area contributed by atoms with E-state index in [4.69, 9.17) is 4.74 Å². The number of hydrogen-bond donors (Lipinski definition) is 1. The molecule has 3 fully saturated rings. The maximum atomic E-state index is 13.0. The molecule has 4 aliphatic rings. The lowest BCUT2D eigenvalue weighted by atomic mass is 9.90. The van der Waals surface area contributed by atoms with E-state index in [1.165, 1.54) is 51.6 Å². The van der Waals surface area contributed by atoms with Crippen molar-refractivity contribution in [2.24, 2.45) is 0 Å². The number of hydrogen-bond acceptors (Lipinski definition) is 4. The maximum absolute atomic E-state index is 13.0. The number of amides is 2. The van der Waals surface area contributed by atoms with Crippen LogP contribution < -0.4 is 10.1 Å². The van der Waals surface area contributed by atoms with E-state index in [-0.39, 0.29) is 17.9 Å². The molecule has 3 heterocycles. The predicted octanol–water partition coefficient (Wildman–Crippen LogP) is 3.61. The molecule has 0 aromatic heterocycles. The van der Waals surface area contributed by atoms with Gasteiger partial charge < -0.3 is 15.0 Å². The average molecular weight is 424 g/mol. The van der Waals surface area contributed by atoms with Gasteiger partial charge in [0.15, 0.2) is 0 Å². The van der Waals surface area contributed by atoms with Crippen LogP contribution in [0.1, 0.15) is 73.7 Å². The molecule has 1 unspecified atom stereocenters. The van der Waals surface area contributed by atoms with Crippen LogP contribution in [0.2, 0.25) is 0 Å². The Morgan fingerprint density at radius 2 is 1.81 bits per heavy atom. The predicted molar refractivity (Wildman–Crippen MR) is 119 cm³/mol. The lowest BCUT2D eigenvalue weighted by Gasteiger charge is -2.41. The largest absolute Gasteiger partial charge is 0.489 e. The van der Waals surface area contributed by atoms with Crippen LogP contribution in [-0.4, -0.2) is 52.9 Å². The Morgan fingerprint density at radius 1 is 1.00 bits per heavy atom. The van der Waals surface area contributed by atoms with E-state index in [9.17, 15) is 9.59 Å². The van der Waals surface area contributed by atoms with E-state index in [2.05, 4.69) is 16.8 Å². The minimum atomic E-state index is -0.420. The fourth-order valence-corrected chi connectivity index (χ4v) is 5.76. The Labute approximate surface area is 184 Å². The molecule has 1 N–H and O–H groups in total. The summed E-state index contributed by atoms with van der Waals surface area (Å²) >= 11 is 0. The van der Waals surface area contributed by atoms with Crippen molar-refractivity contribution in [3.05, 3.63) is 41.6 Å². The first-order valence-corrected chi connectivity index (χ1v) is 11.9. The Balaban J connectivity index is 1.29. The summed E-state index contributed by atoms with van der Waals surface area (Å²) in [6.45, 7) is 6.68. The SMILES string of the molecule is C=C1CCC(N2Cc3cc(O[C@H]4CCCC[C@@H]4N4CCCCC4)ccc3C2=O)C(=O)N1. The second kappa shape index (κ2) is 8.65. The van der Waals surface area contributed by atoms with Gasteiger partial charge in [0, 0.05) is 23.8 Å². The Hall–Kier alpha value is -2.34. The number of benzene rings is 1. The van der Waals surface area contributed by atoms with Crippen LogP contribution in [0.4, 0.5) is 0 Å².